The molecular weight excluding hydrogens is 242 g/mol. The molecule has 1 heterocycles. The van der Waals surface area contributed by atoms with Crippen LogP contribution < -0.4 is 15.2 Å². The summed E-state index contributed by atoms with van der Waals surface area (Å²) in [7, 11) is 3.07. The first-order valence-electron chi connectivity index (χ1n) is 5.92. The third-order valence-electron chi connectivity index (χ3n) is 2.88. The van der Waals surface area contributed by atoms with E-state index >= 15 is 0 Å². The standard InChI is InChI=1S/C14H17N3O2/c1-9-4-6-10(7-5-9)12(15)13-14(19-3)17-11(18-2)8-16-13/h4-8,12H,15H2,1-3H3. The molecule has 5 heteroatoms. The fourth-order valence-electron chi connectivity index (χ4n) is 1.76. The van der Waals surface area contributed by atoms with Crippen LogP contribution in [0.15, 0.2) is 30.5 Å². The fourth-order valence-corrected chi connectivity index (χ4v) is 1.76. The monoisotopic (exact) mass is 259 g/mol. The number of rotatable bonds is 4. The van der Waals surface area contributed by atoms with Crippen molar-refractivity contribution in [3.8, 4) is 11.8 Å². The second kappa shape index (κ2) is 5.67. The summed E-state index contributed by atoms with van der Waals surface area (Å²) >= 11 is 0. The van der Waals surface area contributed by atoms with Gasteiger partial charge in [-0.3, -0.25) is 0 Å². The van der Waals surface area contributed by atoms with Crippen LogP contribution in [0.4, 0.5) is 0 Å². The number of methoxy groups -OCH3 is 2. The van der Waals surface area contributed by atoms with Gasteiger partial charge in [0.1, 0.15) is 5.69 Å². The van der Waals surface area contributed by atoms with E-state index < -0.39 is 0 Å². The van der Waals surface area contributed by atoms with Gasteiger partial charge in [-0.2, -0.15) is 4.98 Å². The number of ether oxygens (including phenoxy) is 2. The molecule has 0 radical (unpaired) electrons. The first kappa shape index (κ1) is 13.3. The molecule has 0 saturated heterocycles. The topological polar surface area (TPSA) is 70.3 Å². The fraction of sp³-hybridized carbons (Fsp3) is 0.286. The van der Waals surface area contributed by atoms with Crippen molar-refractivity contribution in [1.82, 2.24) is 9.97 Å². The average molecular weight is 259 g/mol. The van der Waals surface area contributed by atoms with Crippen LogP contribution in [0.25, 0.3) is 0 Å². The molecule has 0 aliphatic carbocycles. The molecule has 100 valence electrons. The largest absolute Gasteiger partial charge is 0.480 e. The summed E-state index contributed by atoms with van der Waals surface area (Å²) < 4.78 is 10.2. The van der Waals surface area contributed by atoms with Crippen molar-refractivity contribution >= 4 is 0 Å². The van der Waals surface area contributed by atoms with Crippen LogP contribution in [-0.4, -0.2) is 24.2 Å². The van der Waals surface area contributed by atoms with Crippen LogP contribution in [0.2, 0.25) is 0 Å². The minimum absolute atomic E-state index is 0.381. The van der Waals surface area contributed by atoms with Gasteiger partial charge in [-0.25, -0.2) is 4.98 Å². The van der Waals surface area contributed by atoms with E-state index in [1.807, 2.05) is 31.2 Å². The molecule has 5 nitrogen and oxygen atoms in total. The number of aryl methyl sites for hydroxylation is 1. The Kier molecular flexibility index (Phi) is 3.97. The van der Waals surface area contributed by atoms with Crippen molar-refractivity contribution in [2.75, 3.05) is 14.2 Å². The summed E-state index contributed by atoms with van der Waals surface area (Å²) in [6, 6.07) is 7.60. The maximum Gasteiger partial charge on any atom is 0.240 e. The minimum atomic E-state index is -0.381. The maximum absolute atomic E-state index is 6.21. The SMILES string of the molecule is COc1cnc(C(N)c2ccc(C)cc2)c(OC)n1. The molecule has 0 aliphatic heterocycles. The van der Waals surface area contributed by atoms with E-state index in [-0.39, 0.29) is 6.04 Å². The van der Waals surface area contributed by atoms with E-state index in [4.69, 9.17) is 15.2 Å². The number of benzene rings is 1. The Hall–Kier alpha value is -2.14. The molecule has 0 aliphatic rings. The molecule has 0 spiro atoms. The van der Waals surface area contributed by atoms with Gasteiger partial charge in [-0.1, -0.05) is 29.8 Å². The number of hydrogen-bond acceptors (Lipinski definition) is 5. The van der Waals surface area contributed by atoms with E-state index in [2.05, 4.69) is 9.97 Å². The lowest BCUT2D eigenvalue weighted by Gasteiger charge is -2.14. The van der Waals surface area contributed by atoms with Gasteiger partial charge in [0.15, 0.2) is 0 Å². The smallest absolute Gasteiger partial charge is 0.240 e. The predicted octanol–water partition coefficient (Wildman–Crippen LogP) is 1.85. The van der Waals surface area contributed by atoms with Gasteiger partial charge in [0, 0.05) is 0 Å². The molecule has 1 aromatic heterocycles. The first-order chi connectivity index (χ1) is 9.15. The molecular formula is C14H17N3O2. The molecule has 0 bridgehead atoms. The van der Waals surface area contributed by atoms with Gasteiger partial charge in [0.05, 0.1) is 26.5 Å². The number of hydrogen-bond donors (Lipinski definition) is 1. The maximum atomic E-state index is 6.21. The third kappa shape index (κ3) is 2.82. The second-order valence-corrected chi connectivity index (χ2v) is 4.20. The van der Waals surface area contributed by atoms with Gasteiger partial charge in [-0.15, -0.1) is 0 Å². The van der Waals surface area contributed by atoms with Crippen molar-refractivity contribution in [3.63, 3.8) is 0 Å². The number of aromatic nitrogens is 2. The average Bonchev–Trinajstić information content (AvgIpc) is 2.46. The van der Waals surface area contributed by atoms with E-state index in [0.717, 1.165) is 5.56 Å². The third-order valence-corrected chi connectivity index (χ3v) is 2.88. The van der Waals surface area contributed by atoms with E-state index in [1.54, 1.807) is 0 Å². The highest BCUT2D eigenvalue weighted by Gasteiger charge is 2.17. The number of nitrogens with zero attached hydrogens (tertiary/aromatic N) is 2. The zero-order chi connectivity index (χ0) is 13.8. The second-order valence-electron chi connectivity index (χ2n) is 4.20. The Balaban J connectivity index is 2.37. The molecule has 2 N–H and O–H groups in total. The quantitative estimate of drug-likeness (QED) is 0.907. The van der Waals surface area contributed by atoms with Crippen LogP contribution >= 0.6 is 0 Å². The molecule has 19 heavy (non-hydrogen) atoms. The molecule has 2 rings (SSSR count). The summed E-state index contributed by atoms with van der Waals surface area (Å²) in [4.78, 5) is 8.47. The Morgan fingerprint density at radius 2 is 1.79 bits per heavy atom. The summed E-state index contributed by atoms with van der Waals surface area (Å²) in [5.41, 5.74) is 8.95. The summed E-state index contributed by atoms with van der Waals surface area (Å²) in [6.45, 7) is 2.03. The molecule has 1 unspecified atom stereocenters. The van der Waals surface area contributed by atoms with Crippen molar-refractivity contribution < 1.29 is 9.47 Å². The Labute approximate surface area is 112 Å². The molecule has 0 amide bonds. The van der Waals surface area contributed by atoms with Crippen LogP contribution in [0, 0.1) is 6.92 Å². The lowest BCUT2D eigenvalue weighted by Crippen LogP contribution is -2.15. The van der Waals surface area contributed by atoms with Gasteiger partial charge < -0.3 is 15.2 Å². The summed E-state index contributed by atoms with van der Waals surface area (Å²) in [5.74, 6) is 0.782. The lowest BCUT2D eigenvalue weighted by molar-refractivity contribution is 0.355. The Morgan fingerprint density at radius 3 is 2.37 bits per heavy atom. The predicted molar refractivity (Wildman–Crippen MR) is 72.3 cm³/mol. The zero-order valence-electron chi connectivity index (χ0n) is 11.3. The highest BCUT2D eigenvalue weighted by Crippen LogP contribution is 2.26. The van der Waals surface area contributed by atoms with Gasteiger partial charge >= 0.3 is 0 Å². The summed E-state index contributed by atoms with van der Waals surface area (Å²) in [5, 5.41) is 0. The van der Waals surface area contributed by atoms with E-state index in [1.165, 1.54) is 26.0 Å². The molecule has 2 aromatic rings. The molecule has 1 aromatic carbocycles. The van der Waals surface area contributed by atoms with E-state index in [9.17, 15) is 0 Å². The van der Waals surface area contributed by atoms with Gasteiger partial charge in [-0.05, 0) is 12.5 Å². The van der Waals surface area contributed by atoms with Crippen molar-refractivity contribution in [2.24, 2.45) is 5.73 Å². The molecule has 1 atom stereocenters. The summed E-state index contributed by atoms with van der Waals surface area (Å²) in [6.07, 6.45) is 1.53. The first-order valence-corrected chi connectivity index (χ1v) is 5.92. The highest BCUT2D eigenvalue weighted by molar-refractivity contribution is 5.35. The van der Waals surface area contributed by atoms with Crippen LogP contribution in [-0.2, 0) is 0 Å². The molecule has 0 saturated carbocycles. The normalized spacial score (nSPS) is 12.0. The van der Waals surface area contributed by atoms with Crippen molar-refractivity contribution in [3.05, 3.63) is 47.3 Å². The van der Waals surface area contributed by atoms with Gasteiger partial charge in [0.25, 0.3) is 0 Å². The van der Waals surface area contributed by atoms with E-state index in [0.29, 0.717) is 17.5 Å². The van der Waals surface area contributed by atoms with Crippen molar-refractivity contribution in [2.45, 2.75) is 13.0 Å². The van der Waals surface area contributed by atoms with Gasteiger partial charge in [0.2, 0.25) is 11.8 Å². The zero-order valence-corrected chi connectivity index (χ0v) is 11.3. The molecule has 0 fully saturated rings. The Bertz CT molecular complexity index is 555. The lowest BCUT2D eigenvalue weighted by atomic mass is 10.0. The Morgan fingerprint density at radius 1 is 1.11 bits per heavy atom. The van der Waals surface area contributed by atoms with Crippen LogP contribution in [0.3, 0.4) is 0 Å². The number of nitrogens with two attached hydrogens (primary N) is 1. The van der Waals surface area contributed by atoms with Crippen LogP contribution in [0.1, 0.15) is 22.9 Å². The van der Waals surface area contributed by atoms with Crippen LogP contribution in [0.5, 0.6) is 11.8 Å². The highest BCUT2D eigenvalue weighted by atomic mass is 16.5. The van der Waals surface area contributed by atoms with Crippen molar-refractivity contribution in [1.29, 1.82) is 0 Å². The minimum Gasteiger partial charge on any atom is -0.480 e.